The molecule has 2 aliphatic carbocycles. The van der Waals surface area contributed by atoms with Crippen LogP contribution in [0.4, 0.5) is 0 Å². The molecule has 0 spiro atoms. The number of hydrogen-bond donors (Lipinski definition) is 0. The summed E-state index contributed by atoms with van der Waals surface area (Å²) in [5, 5.41) is 36.6. The van der Waals surface area contributed by atoms with Crippen molar-refractivity contribution in [2.45, 2.75) is 20.3 Å². The van der Waals surface area contributed by atoms with E-state index in [9.17, 15) is 4.79 Å². The van der Waals surface area contributed by atoms with E-state index in [1.807, 2.05) is 55.5 Å². The Morgan fingerprint density at radius 2 is 1.45 bits per heavy atom. The highest BCUT2D eigenvalue weighted by Crippen LogP contribution is 2.35. The maximum atomic E-state index is 11.4. The van der Waals surface area contributed by atoms with E-state index in [0.29, 0.717) is 40.9 Å². The van der Waals surface area contributed by atoms with E-state index in [2.05, 4.69) is 62.8 Å². The van der Waals surface area contributed by atoms with Gasteiger partial charge < -0.3 is 14.4 Å². The van der Waals surface area contributed by atoms with Crippen LogP contribution in [0.1, 0.15) is 42.2 Å². The van der Waals surface area contributed by atoms with Crippen molar-refractivity contribution in [2.24, 2.45) is 10.3 Å². The second-order valence-electron chi connectivity index (χ2n) is 9.90. The Morgan fingerprint density at radius 1 is 0.809 bits per heavy atom. The molecule has 234 valence electrons. The van der Waals surface area contributed by atoms with Gasteiger partial charge in [-0.2, -0.15) is 9.61 Å². The van der Waals surface area contributed by atoms with Crippen molar-refractivity contribution in [3.8, 4) is 22.5 Å². The maximum Gasteiger partial charge on any atom is 0.347 e. The molecular formula is C30H25N13O4. The van der Waals surface area contributed by atoms with Gasteiger partial charge in [0.25, 0.3) is 11.6 Å². The van der Waals surface area contributed by atoms with Gasteiger partial charge in [0, 0.05) is 28.7 Å². The van der Waals surface area contributed by atoms with E-state index >= 15 is 0 Å². The summed E-state index contributed by atoms with van der Waals surface area (Å²) in [6.45, 7) is 7.69. The molecule has 0 radical (unpaired) electrons. The molecule has 0 saturated heterocycles. The minimum absolute atomic E-state index is 0.250. The van der Waals surface area contributed by atoms with Gasteiger partial charge in [-0.15, -0.1) is 15.3 Å². The number of carbonyl (C=O) groups is 1. The molecule has 0 fully saturated rings. The average Bonchev–Trinajstić information content (AvgIpc) is 3.86. The molecule has 0 unspecified atom stereocenters. The van der Waals surface area contributed by atoms with Gasteiger partial charge in [-0.3, -0.25) is 0 Å². The Hall–Kier alpha value is -6.52. The number of aromatic nitrogens is 11. The summed E-state index contributed by atoms with van der Waals surface area (Å²) < 4.78 is 7.73. The zero-order valence-corrected chi connectivity index (χ0v) is 25.2. The molecule has 2 aliphatic rings. The van der Waals surface area contributed by atoms with Crippen molar-refractivity contribution in [2.75, 3.05) is 19.8 Å². The number of hydrogen-bond acceptors (Lipinski definition) is 15. The third-order valence-corrected chi connectivity index (χ3v) is 7.02. The Balaban J connectivity index is 0.000000150. The fourth-order valence-corrected chi connectivity index (χ4v) is 5.03. The van der Waals surface area contributed by atoms with Gasteiger partial charge in [-0.05, 0) is 17.4 Å². The highest BCUT2D eigenvalue weighted by Gasteiger charge is 2.31. The van der Waals surface area contributed by atoms with Crippen molar-refractivity contribution in [3.63, 3.8) is 0 Å². The third-order valence-electron chi connectivity index (χ3n) is 7.02. The molecule has 0 amide bonds. The number of carbonyl (C=O) groups excluding carboxylic acids is 1. The van der Waals surface area contributed by atoms with Gasteiger partial charge >= 0.3 is 5.97 Å². The molecule has 4 aromatic heterocycles. The molecule has 4 heterocycles. The zero-order chi connectivity index (χ0) is 32.3. The minimum Gasteiger partial charge on any atom is -0.463 e. The first-order valence-electron chi connectivity index (χ1n) is 14.6. The molecule has 0 saturated carbocycles. The first kappa shape index (κ1) is 29.2. The van der Waals surface area contributed by atoms with Gasteiger partial charge in [0.1, 0.15) is 40.8 Å². The normalized spacial score (nSPS) is 13.9. The molecule has 8 rings (SSSR count). The number of rotatable bonds is 8. The van der Waals surface area contributed by atoms with Crippen LogP contribution in [0.25, 0.3) is 34.1 Å². The molecule has 0 atom stereocenters. The number of fused-ring (bicyclic) bond motifs is 8. The first-order valence-corrected chi connectivity index (χ1v) is 14.6. The summed E-state index contributed by atoms with van der Waals surface area (Å²) in [4.78, 5) is 30.8. The van der Waals surface area contributed by atoms with Crippen LogP contribution in [-0.2, 0) is 25.6 Å². The van der Waals surface area contributed by atoms with Gasteiger partial charge in [0.15, 0.2) is 5.82 Å². The van der Waals surface area contributed by atoms with Crippen LogP contribution >= 0.6 is 0 Å². The Morgan fingerprint density at radius 3 is 2.11 bits per heavy atom. The number of benzene rings is 2. The smallest absolute Gasteiger partial charge is 0.347 e. The van der Waals surface area contributed by atoms with Crippen LogP contribution in [0.15, 0.2) is 71.5 Å². The topological polar surface area (TPSA) is 194 Å². The van der Waals surface area contributed by atoms with Gasteiger partial charge in [0.2, 0.25) is 6.61 Å². The van der Waals surface area contributed by atoms with Crippen molar-refractivity contribution in [1.29, 1.82) is 0 Å². The van der Waals surface area contributed by atoms with Crippen molar-refractivity contribution >= 4 is 28.9 Å². The number of aryl methyl sites for hydroxylation is 1. The van der Waals surface area contributed by atoms with Gasteiger partial charge in [0.05, 0.1) is 6.61 Å². The van der Waals surface area contributed by atoms with Crippen LogP contribution < -0.4 is 0 Å². The van der Waals surface area contributed by atoms with Crippen LogP contribution in [0.5, 0.6) is 0 Å². The van der Waals surface area contributed by atoms with E-state index in [0.717, 1.165) is 40.2 Å². The maximum absolute atomic E-state index is 11.4. The summed E-state index contributed by atoms with van der Waals surface area (Å²) in [7, 11) is 0. The second kappa shape index (κ2) is 12.5. The average molecular weight is 632 g/mol. The van der Waals surface area contributed by atoms with Gasteiger partial charge in [-0.1, -0.05) is 88.1 Å². The first-order chi connectivity index (χ1) is 23.1. The minimum atomic E-state index is -0.489. The van der Waals surface area contributed by atoms with Crippen molar-refractivity contribution < 1.29 is 19.2 Å². The van der Waals surface area contributed by atoms with Crippen LogP contribution in [0.2, 0.25) is 0 Å². The lowest BCUT2D eigenvalue weighted by Gasteiger charge is -2.02. The predicted molar refractivity (Wildman–Crippen MR) is 165 cm³/mol. The van der Waals surface area contributed by atoms with Crippen molar-refractivity contribution in [3.05, 3.63) is 89.5 Å². The fourth-order valence-electron chi connectivity index (χ4n) is 5.03. The molecular weight excluding hydrogens is 606 g/mol. The largest absolute Gasteiger partial charge is 0.463 e. The molecule has 47 heavy (non-hydrogen) atoms. The quantitative estimate of drug-likeness (QED) is 0.103. The monoisotopic (exact) mass is 631 g/mol. The number of oxime groups is 2. The SMILES string of the molecule is C=CCON=C1c2ccccc2-c2nn3c(CC)nnc3nc21.CCOC(=O)CON=C1c2ccccc2-c2nn3nnnc3nc21. The number of ether oxygens (including phenoxy) is 1. The lowest BCUT2D eigenvalue weighted by molar-refractivity contribution is -0.148. The summed E-state index contributed by atoms with van der Waals surface area (Å²) in [6, 6.07) is 15.4. The molecule has 17 nitrogen and oxygen atoms in total. The number of tetrazole rings is 1. The van der Waals surface area contributed by atoms with Crippen LogP contribution in [0.3, 0.4) is 0 Å². The van der Waals surface area contributed by atoms with E-state index < -0.39 is 5.97 Å². The van der Waals surface area contributed by atoms with Gasteiger partial charge in [-0.25, -0.2) is 14.8 Å². The summed E-state index contributed by atoms with van der Waals surface area (Å²) >= 11 is 0. The highest BCUT2D eigenvalue weighted by atomic mass is 16.7. The molecule has 0 aliphatic heterocycles. The predicted octanol–water partition coefficient (Wildman–Crippen LogP) is 2.24. The summed E-state index contributed by atoms with van der Waals surface area (Å²) in [5.74, 6) is 1.00. The standard InChI is InChI=1S/C16H14N6O.C14H11N7O3/c1-3-9-23-21-14-11-8-6-5-7-10(11)13-15(14)17-16-19-18-12(4-2)22(16)20-13;1-2-23-10(22)7-24-18-12-9-6-4-3-5-8(9)11-13(12)15-14-16-19-20-21(14)17-11/h3,5-8H,1,4,9H2,2H3;3-6H,2,7H2,1H3. The number of nitrogens with zero attached hydrogens (tertiary/aromatic N) is 13. The number of esters is 1. The van der Waals surface area contributed by atoms with E-state index in [-0.39, 0.29) is 19.0 Å². The summed E-state index contributed by atoms with van der Waals surface area (Å²) in [5.41, 5.74) is 7.25. The third kappa shape index (κ3) is 5.28. The van der Waals surface area contributed by atoms with Crippen LogP contribution in [-0.4, -0.2) is 92.2 Å². The zero-order valence-electron chi connectivity index (χ0n) is 25.2. The van der Waals surface area contributed by atoms with Crippen molar-refractivity contribution in [1.82, 2.24) is 55.0 Å². The Bertz CT molecular complexity index is 2220. The van der Waals surface area contributed by atoms with Crippen LogP contribution in [0, 0.1) is 0 Å². The van der Waals surface area contributed by atoms with E-state index in [4.69, 9.17) is 14.4 Å². The molecule has 0 bridgehead atoms. The second-order valence-corrected chi connectivity index (χ2v) is 9.90. The molecule has 6 aromatic rings. The molecule has 2 aromatic carbocycles. The van der Waals surface area contributed by atoms with E-state index in [1.165, 1.54) is 4.63 Å². The van der Waals surface area contributed by atoms with E-state index in [1.54, 1.807) is 17.5 Å². The molecule has 0 N–H and O–H groups in total. The lowest BCUT2D eigenvalue weighted by Crippen LogP contribution is -2.12. The lowest BCUT2D eigenvalue weighted by atomic mass is 10.1. The Labute approximate surface area is 265 Å². The molecule has 17 heteroatoms. The summed E-state index contributed by atoms with van der Waals surface area (Å²) in [6.07, 6.45) is 2.38. The highest BCUT2D eigenvalue weighted by molar-refractivity contribution is 6.23. The fraction of sp³-hybridized carbons (Fsp3) is 0.200. The Kier molecular flexibility index (Phi) is 7.75.